The monoisotopic (exact) mass is 363 g/mol. The first-order valence-corrected chi connectivity index (χ1v) is 7.31. The van der Waals surface area contributed by atoms with Gasteiger partial charge in [-0.2, -0.15) is 8.78 Å². The molecular formula is C15H20ClF2N3O3. The van der Waals surface area contributed by atoms with Gasteiger partial charge >= 0.3 is 6.61 Å². The summed E-state index contributed by atoms with van der Waals surface area (Å²) >= 11 is 0. The van der Waals surface area contributed by atoms with Gasteiger partial charge in [0.15, 0.2) is 0 Å². The van der Waals surface area contributed by atoms with Crippen molar-refractivity contribution in [2.24, 2.45) is 0 Å². The highest BCUT2D eigenvalue weighted by molar-refractivity contribution is 6.00. The molecule has 0 spiro atoms. The number of piperidine rings is 1. The van der Waals surface area contributed by atoms with Gasteiger partial charge in [0.25, 0.3) is 0 Å². The molecule has 1 atom stereocenters. The maximum atomic E-state index is 12.5. The smallest absolute Gasteiger partial charge is 0.387 e. The van der Waals surface area contributed by atoms with Gasteiger partial charge in [0.1, 0.15) is 11.8 Å². The van der Waals surface area contributed by atoms with Crippen molar-refractivity contribution in [3.63, 3.8) is 0 Å². The zero-order valence-electron chi connectivity index (χ0n) is 13.1. The Kier molecular flexibility index (Phi) is 7.87. The Bertz CT molecular complexity index is 557. The number of benzene rings is 1. The van der Waals surface area contributed by atoms with Crippen LogP contribution in [-0.2, 0) is 9.59 Å². The largest absolute Gasteiger partial charge is 0.435 e. The third-order valence-corrected chi connectivity index (χ3v) is 3.48. The number of anilines is 1. The Hall–Kier alpha value is -1.93. The molecule has 1 aliphatic rings. The highest BCUT2D eigenvalue weighted by atomic mass is 35.5. The number of hydrogen-bond acceptors (Lipinski definition) is 4. The fourth-order valence-corrected chi connectivity index (χ4v) is 2.48. The summed E-state index contributed by atoms with van der Waals surface area (Å²) in [7, 11) is 1.65. The maximum absolute atomic E-state index is 12.5. The van der Waals surface area contributed by atoms with Crippen LogP contribution in [0.3, 0.4) is 0 Å². The summed E-state index contributed by atoms with van der Waals surface area (Å²) in [6.07, 6.45) is 1.32. The van der Waals surface area contributed by atoms with Crippen molar-refractivity contribution < 1.29 is 23.1 Å². The Balaban J connectivity index is 0.00000288. The van der Waals surface area contributed by atoms with Crippen LogP contribution in [0.4, 0.5) is 14.5 Å². The predicted molar refractivity (Wildman–Crippen MR) is 87.8 cm³/mol. The van der Waals surface area contributed by atoms with Crippen LogP contribution in [0.1, 0.15) is 12.8 Å². The Morgan fingerprint density at radius 3 is 2.62 bits per heavy atom. The van der Waals surface area contributed by atoms with Crippen LogP contribution in [0.2, 0.25) is 0 Å². The number of nitrogens with one attached hydrogen (secondary N) is 2. The van der Waals surface area contributed by atoms with E-state index in [-0.39, 0.29) is 36.5 Å². The topological polar surface area (TPSA) is 70.7 Å². The van der Waals surface area contributed by atoms with E-state index < -0.39 is 12.7 Å². The lowest BCUT2D eigenvalue weighted by Crippen LogP contribution is -2.53. The number of ether oxygens (including phenoxy) is 1. The summed E-state index contributed by atoms with van der Waals surface area (Å²) in [5.41, 5.74) is 0.587. The highest BCUT2D eigenvalue weighted by Crippen LogP contribution is 2.24. The number of carbonyl (C=O) groups is 2. The van der Waals surface area contributed by atoms with Gasteiger partial charge < -0.3 is 20.3 Å². The second kappa shape index (κ2) is 9.39. The molecule has 0 radical (unpaired) electrons. The van der Waals surface area contributed by atoms with Crippen molar-refractivity contribution in [2.45, 2.75) is 25.5 Å². The number of hydrogen-bond donors (Lipinski definition) is 2. The van der Waals surface area contributed by atoms with Gasteiger partial charge in [0.2, 0.25) is 11.8 Å². The predicted octanol–water partition coefficient (Wildman–Crippen LogP) is 1.54. The summed E-state index contributed by atoms with van der Waals surface area (Å²) in [5, 5.41) is 5.41. The number of nitrogens with zero attached hydrogens (tertiary/aromatic N) is 1. The molecule has 1 unspecified atom stereocenters. The van der Waals surface area contributed by atoms with Gasteiger partial charge in [-0.1, -0.05) is 0 Å². The molecule has 1 heterocycles. The van der Waals surface area contributed by atoms with Crippen LogP contribution >= 0.6 is 12.4 Å². The van der Waals surface area contributed by atoms with Gasteiger partial charge in [0, 0.05) is 12.2 Å². The van der Waals surface area contributed by atoms with Crippen LogP contribution in [-0.4, -0.2) is 44.6 Å². The minimum absolute atomic E-state index is 0. The highest BCUT2D eigenvalue weighted by Gasteiger charge is 2.30. The SMILES string of the molecule is CNCC(=O)NC1CCCN(c2ccc(OC(F)F)cc2)C1=O.Cl. The van der Waals surface area contributed by atoms with Crippen LogP contribution in [0.25, 0.3) is 0 Å². The quantitative estimate of drug-likeness (QED) is 0.804. The molecule has 0 saturated carbocycles. The molecule has 0 bridgehead atoms. The van der Waals surface area contributed by atoms with Crippen molar-refractivity contribution in [1.82, 2.24) is 10.6 Å². The van der Waals surface area contributed by atoms with Crippen LogP contribution in [0.15, 0.2) is 24.3 Å². The van der Waals surface area contributed by atoms with Crippen LogP contribution < -0.4 is 20.3 Å². The zero-order valence-corrected chi connectivity index (χ0v) is 13.9. The standard InChI is InChI=1S/C15H19F2N3O3.ClH/c1-18-9-13(21)19-12-3-2-8-20(14(12)22)10-4-6-11(7-5-10)23-15(16)17;/h4-7,12,15,18H,2-3,8-9H2,1H3,(H,19,21);1H. The van der Waals surface area contributed by atoms with Crippen molar-refractivity contribution in [2.75, 3.05) is 25.0 Å². The molecule has 1 aliphatic heterocycles. The van der Waals surface area contributed by atoms with Gasteiger partial charge in [-0.05, 0) is 44.2 Å². The first-order chi connectivity index (χ1) is 11.0. The van der Waals surface area contributed by atoms with E-state index in [1.807, 2.05) is 0 Å². The molecule has 2 N–H and O–H groups in total. The van der Waals surface area contributed by atoms with E-state index in [1.165, 1.54) is 12.1 Å². The number of amides is 2. The molecule has 1 aromatic carbocycles. The second-order valence-corrected chi connectivity index (χ2v) is 5.15. The summed E-state index contributed by atoms with van der Waals surface area (Å²) in [5.74, 6) is -0.413. The van der Waals surface area contributed by atoms with E-state index in [0.717, 1.165) is 6.42 Å². The summed E-state index contributed by atoms with van der Waals surface area (Å²) in [6.45, 7) is -2.22. The number of alkyl halides is 2. The van der Waals surface area contributed by atoms with E-state index in [4.69, 9.17) is 0 Å². The summed E-state index contributed by atoms with van der Waals surface area (Å²) in [4.78, 5) is 25.6. The van der Waals surface area contributed by atoms with E-state index in [1.54, 1.807) is 24.1 Å². The lowest BCUT2D eigenvalue weighted by Gasteiger charge is -2.32. The molecule has 24 heavy (non-hydrogen) atoms. The molecule has 1 aromatic rings. The van der Waals surface area contributed by atoms with Crippen molar-refractivity contribution in [1.29, 1.82) is 0 Å². The minimum atomic E-state index is -2.88. The van der Waals surface area contributed by atoms with Gasteiger partial charge in [0.05, 0.1) is 6.54 Å². The van der Waals surface area contributed by atoms with E-state index >= 15 is 0 Å². The lowest BCUT2D eigenvalue weighted by molar-refractivity contribution is -0.128. The summed E-state index contributed by atoms with van der Waals surface area (Å²) in [6, 6.07) is 5.30. The molecule has 0 aliphatic carbocycles. The zero-order chi connectivity index (χ0) is 16.8. The lowest BCUT2D eigenvalue weighted by atomic mass is 10.0. The molecule has 1 saturated heterocycles. The third kappa shape index (κ3) is 5.31. The van der Waals surface area contributed by atoms with Crippen LogP contribution in [0.5, 0.6) is 5.75 Å². The third-order valence-electron chi connectivity index (χ3n) is 3.48. The molecule has 134 valence electrons. The molecule has 9 heteroatoms. The molecular weight excluding hydrogens is 344 g/mol. The number of rotatable bonds is 6. The Morgan fingerprint density at radius 2 is 2.04 bits per heavy atom. The van der Waals surface area contributed by atoms with E-state index in [9.17, 15) is 18.4 Å². The molecule has 0 aromatic heterocycles. The Labute approximate surface area is 144 Å². The van der Waals surface area contributed by atoms with Gasteiger partial charge in [-0.15, -0.1) is 12.4 Å². The fraction of sp³-hybridized carbons (Fsp3) is 0.467. The second-order valence-electron chi connectivity index (χ2n) is 5.15. The van der Waals surface area contributed by atoms with E-state index in [2.05, 4.69) is 15.4 Å². The number of halogens is 3. The molecule has 2 rings (SSSR count). The molecule has 1 fully saturated rings. The average Bonchev–Trinajstić information content (AvgIpc) is 2.50. The van der Waals surface area contributed by atoms with Gasteiger partial charge in [-0.25, -0.2) is 0 Å². The minimum Gasteiger partial charge on any atom is -0.435 e. The molecule has 2 amide bonds. The van der Waals surface area contributed by atoms with Gasteiger partial charge in [-0.3, -0.25) is 9.59 Å². The first-order valence-electron chi connectivity index (χ1n) is 7.31. The van der Waals surface area contributed by atoms with E-state index in [0.29, 0.717) is 18.7 Å². The van der Waals surface area contributed by atoms with Crippen molar-refractivity contribution >= 4 is 29.9 Å². The number of carbonyl (C=O) groups excluding carboxylic acids is 2. The maximum Gasteiger partial charge on any atom is 0.387 e. The number of likely N-dealkylation sites (N-methyl/N-ethyl adjacent to an activating group) is 1. The van der Waals surface area contributed by atoms with Crippen molar-refractivity contribution in [3.8, 4) is 5.75 Å². The summed E-state index contributed by atoms with van der Waals surface area (Å²) < 4.78 is 28.6. The fourth-order valence-electron chi connectivity index (χ4n) is 2.48. The average molecular weight is 364 g/mol. The normalized spacial score (nSPS) is 17.4. The first kappa shape index (κ1) is 20.1. The molecule has 6 nitrogen and oxygen atoms in total. The Morgan fingerprint density at radius 1 is 1.38 bits per heavy atom. The van der Waals surface area contributed by atoms with Crippen molar-refractivity contribution in [3.05, 3.63) is 24.3 Å². The van der Waals surface area contributed by atoms with Crippen LogP contribution in [0, 0.1) is 0 Å².